The number of fused-ring (bicyclic) bond motifs is 1. The summed E-state index contributed by atoms with van der Waals surface area (Å²) in [6, 6.07) is 14.4. The number of halogens is 3. The Balaban J connectivity index is 1.47. The molecule has 3 heterocycles. The van der Waals surface area contributed by atoms with Crippen molar-refractivity contribution in [1.29, 1.82) is 0 Å². The van der Waals surface area contributed by atoms with Crippen LogP contribution >= 0.6 is 39.1 Å². The zero-order valence-electron chi connectivity index (χ0n) is 17.1. The van der Waals surface area contributed by atoms with Crippen LogP contribution in [0.25, 0.3) is 22.8 Å². The van der Waals surface area contributed by atoms with Crippen molar-refractivity contribution in [2.24, 2.45) is 0 Å². The fourth-order valence-electron chi connectivity index (χ4n) is 3.49. The summed E-state index contributed by atoms with van der Waals surface area (Å²) < 4.78 is 8.63. The average Bonchev–Trinajstić information content (AvgIpc) is 3.25. The third-order valence-electron chi connectivity index (χ3n) is 5.12. The van der Waals surface area contributed by atoms with Crippen LogP contribution in [0.5, 0.6) is 5.75 Å². The van der Waals surface area contributed by atoms with Crippen molar-refractivity contribution in [3.63, 3.8) is 0 Å². The molecule has 0 saturated heterocycles. The van der Waals surface area contributed by atoms with E-state index in [1.165, 1.54) is 0 Å². The molecule has 2 aromatic carbocycles. The van der Waals surface area contributed by atoms with Gasteiger partial charge in [-0.25, -0.2) is 9.97 Å². The fourth-order valence-corrected chi connectivity index (χ4v) is 4.31. The lowest BCUT2D eigenvalue weighted by Gasteiger charge is -2.13. The fraction of sp³-hybridized carbons (Fsp3) is 0.130. The molecule has 0 spiro atoms. The van der Waals surface area contributed by atoms with Gasteiger partial charge in [0, 0.05) is 32.8 Å². The number of amides is 1. The van der Waals surface area contributed by atoms with Crippen LogP contribution in [-0.2, 0) is 13.2 Å². The normalized spacial score (nSPS) is 12.9. The Labute approximate surface area is 207 Å². The number of nitrogens with zero attached hydrogens (tertiary/aromatic N) is 4. The van der Waals surface area contributed by atoms with Gasteiger partial charge in [0.1, 0.15) is 23.7 Å². The standard InChI is InChI=1S/C23H16BrCl2N5O2/c24-14-2-4-21(33-12-13-1-3-15(25)10-17(13)26)16(9-14)22-27-6-5-18(29-22)19-11-20-23(32)28-7-8-31(20)30-19/h1-6,9-11H,7-8,12H2,(H,28,32). The Kier molecular flexibility index (Phi) is 6.05. The second kappa shape index (κ2) is 9.13. The molecule has 1 amide bonds. The minimum Gasteiger partial charge on any atom is -0.488 e. The molecule has 166 valence electrons. The van der Waals surface area contributed by atoms with Gasteiger partial charge < -0.3 is 10.1 Å². The van der Waals surface area contributed by atoms with Crippen LogP contribution in [0.15, 0.2) is 59.2 Å². The topological polar surface area (TPSA) is 81.9 Å². The van der Waals surface area contributed by atoms with Gasteiger partial charge in [-0.15, -0.1) is 0 Å². The van der Waals surface area contributed by atoms with Crippen LogP contribution in [0.1, 0.15) is 16.1 Å². The van der Waals surface area contributed by atoms with E-state index in [0.29, 0.717) is 57.4 Å². The minimum absolute atomic E-state index is 0.141. The van der Waals surface area contributed by atoms with Crippen molar-refractivity contribution < 1.29 is 9.53 Å². The first-order chi connectivity index (χ1) is 16.0. The van der Waals surface area contributed by atoms with Crippen LogP contribution in [0.2, 0.25) is 10.0 Å². The van der Waals surface area contributed by atoms with Crippen LogP contribution in [0.4, 0.5) is 0 Å². The molecule has 5 rings (SSSR count). The maximum Gasteiger partial charge on any atom is 0.269 e. The quantitative estimate of drug-likeness (QED) is 0.364. The Morgan fingerprint density at radius 2 is 1.97 bits per heavy atom. The Bertz CT molecular complexity index is 1370. The lowest BCUT2D eigenvalue weighted by molar-refractivity contribution is 0.0924. The molecule has 0 atom stereocenters. The smallest absolute Gasteiger partial charge is 0.269 e. The Morgan fingerprint density at radius 1 is 1.09 bits per heavy atom. The predicted molar refractivity (Wildman–Crippen MR) is 130 cm³/mol. The van der Waals surface area contributed by atoms with Gasteiger partial charge in [0.15, 0.2) is 5.82 Å². The molecule has 0 bridgehead atoms. The second-order valence-corrected chi connectivity index (χ2v) is 9.08. The van der Waals surface area contributed by atoms with Gasteiger partial charge in [-0.3, -0.25) is 9.48 Å². The average molecular weight is 545 g/mol. The van der Waals surface area contributed by atoms with E-state index in [0.717, 1.165) is 10.0 Å². The van der Waals surface area contributed by atoms with E-state index >= 15 is 0 Å². The molecule has 1 N–H and O–H groups in total. The molecule has 0 saturated carbocycles. The van der Waals surface area contributed by atoms with Crippen LogP contribution in [0.3, 0.4) is 0 Å². The van der Waals surface area contributed by atoms with Gasteiger partial charge in [0.25, 0.3) is 5.91 Å². The molecule has 0 fully saturated rings. The zero-order valence-corrected chi connectivity index (χ0v) is 20.2. The highest BCUT2D eigenvalue weighted by molar-refractivity contribution is 9.10. The Morgan fingerprint density at radius 3 is 2.79 bits per heavy atom. The largest absolute Gasteiger partial charge is 0.488 e. The van der Waals surface area contributed by atoms with Crippen molar-refractivity contribution in [1.82, 2.24) is 25.1 Å². The van der Waals surface area contributed by atoms with Crippen molar-refractivity contribution in [2.45, 2.75) is 13.2 Å². The van der Waals surface area contributed by atoms with Crippen molar-refractivity contribution in [3.8, 4) is 28.5 Å². The van der Waals surface area contributed by atoms with E-state index in [4.69, 9.17) is 32.9 Å². The number of nitrogens with one attached hydrogen (secondary N) is 1. The summed E-state index contributed by atoms with van der Waals surface area (Å²) in [4.78, 5) is 21.2. The third kappa shape index (κ3) is 4.59. The molecule has 7 nitrogen and oxygen atoms in total. The molecular formula is C23H16BrCl2N5O2. The summed E-state index contributed by atoms with van der Waals surface area (Å²) >= 11 is 15.8. The maximum atomic E-state index is 12.1. The Hall–Kier alpha value is -2.94. The van der Waals surface area contributed by atoms with Crippen LogP contribution < -0.4 is 10.1 Å². The number of hydrogen-bond donors (Lipinski definition) is 1. The van der Waals surface area contributed by atoms with Gasteiger partial charge in [-0.2, -0.15) is 5.10 Å². The molecule has 1 aliphatic rings. The lowest BCUT2D eigenvalue weighted by atomic mass is 10.1. The first-order valence-electron chi connectivity index (χ1n) is 10.0. The number of ether oxygens (including phenoxy) is 1. The predicted octanol–water partition coefficient (Wildman–Crippen LogP) is 5.40. The van der Waals surface area contributed by atoms with Crippen molar-refractivity contribution in [2.75, 3.05) is 6.54 Å². The SMILES string of the molecule is O=C1NCCn2nc(-c3ccnc(-c4cc(Br)ccc4OCc4ccc(Cl)cc4Cl)n3)cc21. The highest BCUT2D eigenvalue weighted by Crippen LogP contribution is 2.33. The van der Waals surface area contributed by atoms with Crippen molar-refractivity contribution >= 4 is 45.0 Å². The monoisotopic (exact) mass is 543 g/mol. The summed E-state index contributed by atoms with van der Waals surface area (Å²) in [5.74, 6) is 0.934. The molecule has 2 aromatic heterocycles. The second-order valence-electron chi connectivity index (χ2n) is 7.32. The molecule has 4 aromatic rings. The molecule has 0 radical (unpaired) electrons. The van der Waals surface area contributed by atoms with Crippen molar-refractivity contribution in [3.05, 3.63) is 80.5 Å². The van der Waals surface area contributed by atoms with Crippen LogP contribution in [-0.4, -0.2) is 32.2 Å². The molecular weight excluding hydrogens is 529 g/mol. The highest BCUT2D eigenvalue weighted by Gasteiger charge is 2.21. The molecule has 0 aliphatic carbocycles. The van der Waals surface area contributed by atoms with E-state index in [2.05, 4.69) is 31.3 Å². The number of carbonyl (C=O) groups excluding carboxylic acids is 1. The highest BCUT2D eigenvalue weighted by atomic mass is 79.9. The minimum atomic E-state index is -0.141. The zero-order chi connectivity index (χ0) is 22.9. The number of hydrogen-bond acceptors (Lipinski definition) is 5. The first-order valence-corrected chi connectivity index (χ1v) is 11.6. The van der Waals surface area contributed by atoms with E-state index in [9.17, 15) is 4.79 Å². The number of benzene rings is 2. The van der Waals surface area contributed by atoms with Gasteiger partial charge in [-0.1, -0.05) is 45.2 Å². The number of aromatic nitrogens is 4. The molecule has 33 heavy (non-hydrogen) atoms. The summed E-state index contributed by atoms with van der Waals surface area (Å²) in [7, 11) is 0. The first kappa shape index (κ1) is 21.9. The third-order valence-corrected chi connectivity index (χ3v) is 6.20. The van der Waals surface area contributed by atoms with Crippen LogP contribution in [0, 0.1) is 0 Å². The maximum absolute atomic E-state index is 12.1. The lowest BCUT2D eigenvalue weighted by Crippen LogP contribution is -2.35. The van der Waals surface area contributed by atoms with E-state index < -0.39 is 0 Å². The van der Waals surface area contributed by atoms with E-state index in [1.807, 2.05) is 24.3 Å². The summed E-state index contributed by atoms with van der Waals surface area (Å²) in [5.41, 5.74) is 3.25. The van der Waals surface area contributed by atoms with Gasteiger partial charge in [0.05, 0.1) is 17.8 Å². The van der Waals surface area contributed by atoms with Gasteiger partial charge in [-0.05, 0) is 42.5 Å². The summed E-state index contributed by atoms with van der Waals surface area (Å²) in [5, 5.41) is 8.46. The van der Waals surface area contributed by atoms with Gasteiger partial charge >= 0.3 is 0 Å². The number of rotatable bonds is 5. The summed E-state index contributed by atoms with van der Waals surface area (Å²) in [6.45, 7) is 1.43. The van der Waals surface area contributed by atoms with Gasteiger partial charge in [0.2, 0.25) is 0 Å². The van der Waals surface area contributed by atoms with E-state index in [1.54, 1.807) is 35.1 Å². The number of carbonyl (C=O) groups is 1. The van der Waals surface area contributed by atoms with E-state index in [-0.39, 0.29) is 12.5 Å². The molecule has 0 unspecified atom stereocenters. The summed E-state index contributed by atoms with van der Waals surface area (Å²) in [6.07, 6.45) is 1.66. The molecule has 10 heteroatoms. The molecule has 1 aliphatic heterocycles.